The zero-order valence-corrected chi connectivity index (χ0v) is 10.4. The Morgan fingerprint density at radius 2 is 0.684 bits per heavy atom. The van der Waals surface area contributed by atoms with Gasteiger partial charge in [-0.2, -0.15) is 0 Å². The highest BCUT2D eigenvalue weighted by Gasteiger charge is 2.21. The fourth-order valence-electron chi connectivity index (χ4n) is 2.66. The molecule has 0 fully saturated rings. The Bertz CT molecular complexity index is 324. The first-order valence-electron chi connectivity index (χ1n) is 6.51. The van der Waals surface area contributed by atoms with E-state index in [1.54, 1.807) is 0 Å². The number of fused-ring (bicyclic) bond motifs is 4. The summed E-state index contributed by atoms with van der Waals surface area (Å²) in [7, 11) is -6.00. The molecule has 0 saturated carbocycles. The van der Waals surface area contributed by atoms with Crippen molar-refractivity contribution in [1.82, 2.24) is 0 Å². The summed E-state index contributed by atoms with van der Waals surface area (Å²) < 4.78 is 39.0. The topological polar surface area (TPSA) is 0 Å². The maximum Gasteiger partial charge on any atom is 0.673 e. The van der Waals surface area contributed by atoms with Crippen LogP contribution in [0.15, 0.2) is 48.6 Å². The number of hydrogen-bond donors (Lipinski definition) is 0. The van der Waals surface area contributed by atoms with E-state index in [0.29, 0.717) is 0 Å². The second-order valence-electron chi connectivity index (χ2n) is 5.16. The quantitative estimate of drug-likeness (QED) is 0.337. The van der Waals surface area contributed by atoms with E-state index in [1.807, 2.05) is 0 Å². The predicted molar refractivity (Wildman–Crippen MR) is 69.9 cm³/mol. The summed E-state index contributed by atoms with van der Waals surface area (Å²) >= 11 is 0. The first kappa shape index (κ1) is 14.2. The van der Waals surface area contributed by atoms with Gasteiger partial charge in [0.2, 0.25) is 0 Å². The summed E-state index contributed by atoms with van der Waals surface area (Å²) in [6.07, 6.45) is 21.1. The van der Waals surface area contributed by atoms with Gasteiger partial charge in [0.1, 0.15) is 0 Å². The monoisotopic (exact) mass is 271 g/mol. The van der Waals surface area contributed by atoms with E-state index in [4.69, 9.17) is 0 Å². The van der Waals surface area contributed by atoms with Gasteiger partial charge in [-0.25, -0.2) is 0 Å². The lowest BCUT2D eigenvalue weighted by atomic mass is 10.2. The van der Waals surface area contributed by atoms with Gasteiger partial charge in [0.15, 0.2) is 0 Å². The van der Waals surface area contributed by atoms with Gasteiger partial charge in [0.05, 0.1) is 0 Å². The minimum absolute atomic E-state index is 0.810. The fraction of sp³-hybridized carbons (Fsp3) is 0.429. The highest BCUT2D eigenvalue weighted by molar-refractivity contribution is 6.50. The lowest BCUT2D eigenvalue weighted by Gasteiger charge is -1.94. The number of hydrogen-bond acceptors (Lipinski definition) is 0. The SMILES string of the molecule is C1=CC2C=CC1C2.C1=CC2C=CC1C2.F[B-](F)(F)F. The highest BCUT2D eigenvalue weighted by Crippen LogP contribution is 2.32. The van der Waals surface area contributed by atoms with Gasteiger partial charge in [-0.3, -0.25) is 0 Å². The Balaban J connectivity index is 0.000000108. The van der Waals surface area contributed by atoms with Crippen LogP contribution in [0.3, 0.4) is 0 Å². The van der Waals surface area contributed by atoms with Crippen LogP contribution in [0.1, 0.15) is 12.8 Å². The minimum Gasteiger partial charge on any atom is -0.418 e. The van der Waals surface area contributed by atoms with Crippen molar-refractivity contribution in [2.24, 2.45) is 23.7 Å². The van der Waals surface area contributed by atoms with Gasteiger partial charge in [-0.15, -0.1) is 0 Å². The summed E-state index contributed by atoms with van der Waals surface area (Å²) in [4.78, 5) is 0. The largest absolute Gasteiger partial charge is 0.673 e. The normalized spacial score (nSPS) is 35.2. The maximum absolute atomic E-state index is 9.75. The summed E-state index contributed by atoms with van der Waals surface area (Å²) in [5.41, 5.74) is 0. The van der Waals surface area contributed by atoms with Gasteiger partial charge in [-0.05, 0) is 36.5 Å². The van der Waals surface area contributed by atoms with E-state index in [0.717, 1.165) is 23.7 Å². The van der Waals surface area contributed by atoms with Crippen LogP contribution in [0.2, 0.25) is 0 Å². The summed E-state index contributed by atoms with van der Waals surface area (Å²) in [6, 6.07) is 0. The smallest absolute Gasteiger partial charge is 0.418 e. The van der Waals surface area contributed by atoms with Crippen LogP contribution in [0.25, 0.3) is 0 Å². The van der Waals surface area contributed by atoms with Crippen LogP contribution in [0.5, 0.6) is 0 Å². The van der Waals surface area contributed by atoms with Crippen molar-refractivity contribution in [3.05, 3.63) is 48.6 Å². The lowest BCUT2D eigenvalue weighted by Crippen LogP contribution is -2.02. The third-order valence-electron chi connectivity index (χ3n) is 3.51. The molecule has 0 atom stereocenters. The Kier molecular flexibility index (Phi) is 4.33. The molecule has 4 bridgehead atoms. The molecular weight excluding hydrogens is 255 g/mol. The van der Waals surface area contributed by atoms with Crippen LogP contribution in [-0.2, 0) is 0 Å². The van der Waals surface area contributed by atoms with E-state index in [1.165, 1.54) is 12.8 Å². The average molecular weight is 271 g/mol. The molecule has 0 aromatic rings. The van der Waals surface area contributed by atoms with Crippen molar-refractivity contribution >= 4 is 7.25 Å². The van der Waals surface area contributed by atoms with Gasteiger partial charge >= 0.3 is 7.25 Å². The lowest BCUT2D eigenvalue weighted by molar-refractivity contribution is 0.368. The van der Waals surface area contributed by atoms with Crippen molar-refractivity contribution in [2.75, 3.05) is 0 Å². The van der Waals surface area contributed by atoms with E-state index in [9.17, 15) is 17.3 Å². The van der Waals surface area contributed by atoms with E-state index in [2.05, 4.69) is 48.6 Å². The summed E-state index contributed by atoms with van der Waals surface area (Å²) in [5, 5.41) is 0. The van der Waals surface area contributed by atoms with E-state index < -0.39 is 7.25 Å². The zero-order chi connectivity index (χ0) is 13.9. The van der Waals surface area contributed by atoms with Gasteiger partial charge in [-0.1, -0.05) is 48.6 Å². The standard InChI is InChI=1S/2C7H8.BF4/c2*1-2-7-4-3-6(1)5-7;2-1(3,4)5/h2*1-4,6-7H,5H2;/q;;-1. The average Bonchev–Trinajstić information content (AvgIpc) is 3.10. The Morgan fingerprint density at radius 1 is 0.526 bits per heavy atom. The van der Waals surface area contributed by atoms with Gasteiger partial charge < -0.3 is 17.3 Å². The summed E-state index contributed by atoms with van der Waals surface area (Å²) in [6.45, 7) is 0. The molecule has 0 N–H and O–H groups in total. The van der Waals surface area contributed by atoms with Crippen LogP contribution >= 0.6 is 0 Å². The second-order valence-corrected chi connectivity index (χ2v) is 5.16. The zero-order valence-electron chi connectivity index (χ0n) is 10.4. The molecule has 0 amide bonds. The second kappa shape index (κ2) is 5.80. The molecule has 0 aromatic carbocycles. The number of rotatable bonds is 0. The van der Waals surface area contributed by atoms with E-state index >= 15 is 0 Å². The van der Waals surface area contributed by atoms with Gasteiger partial charge in [0, 0.05) is 0 Å². The van der Waals surface area contributed by atoms with Crippen molar-refractivity contribution < 1.29 is 17.3 Å². The Hall–Kier alpha value is -1.26. The van der Waals surface area contributed by atoms with Crippen molar-refractivity contribution in [1.29, 1.82) is 0 Å². The number of halogens is 4. The van der Waals surface area contributed by atoms with Crippen LogP contribution in [-0.4, -0.2) is 7.25 Å². The molecule has 0 saturated heterocycles. The molecule has 19 heavy (non-hydrogen) atoms. The molecule has 0 aromatic heterocycles. The minimum atomic E-state index is -6.00. The molecule has 104 valence electrons. The number of allylic oxidation sites excluding steroid dienone is 8. The highest BCUT2D eigenvalue weighted by atomic mass is 19.5. The molecular formula is C14H16BF4-. The van der Waals surface area contributed by atoms with Crippen LogP contribution < -0.4 is 0 Å². The van der Waals surface area contributed by atoms with Crippen molar-refractivity contribution in [3.63, 3.8) is 0 Å². The Morgan fingerprint density at radius 3 is 0.737 bits per heavy atom. The molecule has 0 nitrogen and oxygen atoms in total. The molecule has 4 aliphatic carbocycles. The van der Waals surface area contributed by atoms with Crippen molar-refractivity contribution in [2.45, 2.75) is 12.8 Å². The molecule has 4 aliphatic rings. The molecule has 0 aliphatic heterocycles. The van der Waals surface area contributed by atoms with E-state index in [-0.39, 0.29) is 0 Å². The van der Waals surface area contributed by atoms with Gasteiger partial charge in [0.25, 0.3) is 0 Å². The van der Waals surface area contributed by atoms with Crippen molar-refractivity contribution in [3.8, 4) is 0 Å². The predicted octanol–water partition coefficient (Wildman–Crippen LogP) is 4.80. The first-order chi connectivity index (χ1) is 8.90. The molecule has 0 unspecified atom stereocenters. The Labute approximate surface area is 110 Å². The fourth-order valence-corrected chi connectivity index (χ4v) is 2.66. The molecule has 0 radical (unpaired) electrons. The first-order valence-corrected chi connectivity index (χ1v) is 6.51. The molecule has 4 rings (SSSR count). The molecule has 0 spiro atoms. The third kappa shape index (κ3) is 5.09. The molecule has 0 heterocycles. The summed E-state index contributed by atoms with van der Waals surface area (Å²) in [5.74, 6) is 3.24. The van der Waals surface area contributed by atoms with Crippen LogP contribution in [0.4, 0.5) is 17.3 Å². The third-order valence-corrected chi connectivity index (χ3v) is 3.51. The maximum atomic E-state index is 9.75. The molecule has 5 heteroatoms. The van der Waals surface area contributed by atoms with Crippen LogP contribution in [0, 0.1) is 23.7 Å².